The minimum Gasteiger partial charge on any atom is -0.459 e. The van der Waals surface area contributed by atoms with E-state index in [4.69, 9.17) is 28.4 Å². The van der Waals surface area contributed by atoms with Gasteiger partial charge in [-0.1, -0.05) is 49.0 Å². The van der Waals surface area contributed by atoms with E-state index in [0.29, 0.717) is 0 Å². The maximum Gasteiger partial charge on any atom is 0.513 e. The zero-order chi connectivity index (χ0) is 37.3. The Morgan fingerprint density at radius 1 is 0.500 bits per heavy atom. The van der Waals surface area contributed by atoms with Crippen molar-refractivity contribution in [3.05, 3.63) is 144 Å². The van der Waals surface area contributed by atoms with E-state index in [-0.39, 0.29) is 37.9 Å². The summed E-state index contributed by atoms with van der Waals surface area (Å²) in [6.07, 6.45) is 0.211. The van der Waals surface area contributed by atoms with E-state index in [0.717, 1.165) is 56.7 Å². The summed E-state index contributed by atoms with van der Waals surface area (Å²) in [4.78, 5) is 45.6. The minimum absolute atomic E-state index is 0.0994. The third kappa shape index (κ3) is 12.1. The fraction of sp³-hybridized carbons (Fsp3) is 0.143. The molecule has 0 aliphatic heterocycles. The van der Waals surface area contributed by atoms with Crippen LogP contribution in [0.4, 0.5) is 9.59 Å². The van der Waals surface area contributed by atoms with Crippen molar-refractivity contribution in [2.45, 2.75) is 13.8 Å². The van der Waals surface area contributed by atoms with Crippen molar-refractivity contribution in [1.29, 1.82) is 0 Å². The Hall–Kier alpha value is -7.04. The SMILES string of the molecule is C=CC(=O)OCCOC(=O)Oc1ccc(C#Cc2ccc(-c3ccc(C#Cc4ccc(OC(=O)OCCOC(=O)C=C)cc4)cc3C)c(C)c2)cc1. The van der Waals surface area contributed by atoms with Crippen molar-refractivity contribution in [1.82, 2.24) is 0 Å². The van der Waals surface area contributed by atoms with Crippen LogP contribution in [0, 0.1) is 37.5 Å². The quantitative estimate of drug-likeness (QED) is 0.0395. The average molecular weight is 699 g/mol. The van der Waals surface area contributed by atoms with E-state index < -0.39 is 24.2 Å². The molecule has 0 saturated heterocycles. The molecule has 0 saturated carbocycles. The number of rotatable bonds is 11. The van der Waals surface area contributed by atoms with Crippen molar-refractivity contribution in [3.63, 3.8) is 0 Å². The molecule has 0 aromatic heterocycles. The van der Waals surface area contributed by atoms with E-state index in [1.54, 1.807) is 48.5 Å². The van der Waals surface area contributed by atoms with Gasteiger partial charge in [-0.25, -0.2) is 19.2 Å². The third-order valence-corrected chi connectivity index (χ3v) is 6.98. The first-order valence-electron chi connectivity index (χ1n) is 15.9. The molecule has 4 aromatic carbocycles. The molecule has 0 unspecified atom stereocenters. The van der Waals surface area contributed by atoms with Crippen LogP contribution in [0.2, 0.25) is 0 Å². The molecule has 52 heavy (non-hydrogen) atoms. The molecule has 10 nitrogen and oxygen atoms in total. The first-order chi connectivity index (χ1) is 25.1. The molecular formula is C42H34O10. The van der Waals surface area contributed by atoms with Crippen LogP contribution >= 0.6 is 0 Å². The summed E-state index contributed by atoms with van der Waals surface area (Å²) in [6, 6.07) is 25.5. The number of esters is 2. The Balaban J connectivity index is 1.30. The number of hydrogen-bond donors (Lipinski definition) is 0. The summed E-state index contributed by atoms with van der Waals surface area (Å²) in [5.41, 5.74) is 7.47. The highest BCUT2D eigenvalue weighted by atomic mass is 16.7. The van der Waals surface area contributed by atoms with E-state index in [2.05, 4.69) is 36.8 Å². The molecule has 4 aromatic rings. The number of ether oxygens (including phenoxy) is 6. The van der Waals surface area contributed by atoms with E-state index in [1.807, 2.05) is 50.2 Å². The van der Waals surface area contributed by atoms with E-state index in [1.165, 1.54) is 0 Å². The lowest BCUT2D eigenvalue weighted by Gasteiger charge is -2.10. The second-order valence-electron chi connectivity index (χ2n) is 10.8. The van der Waals surface area contributed by atoms with Gasteiger partial charge in [-0.05, 0) is 109 Å². The molecule has 0 fully saturated rings. The minimum atomic E-state index is -0.914. The number of hydrogen-bond acceptors (Lipinski definition) is 10. The van der Waals surface area contributed by atoms with Gasteiger partial charge in [0.15, 0.2) is 0 Å². The van der Waals surface area contributed by atoms with Gasteiger partial charge in [0, 0.05) is 34.4 Å². The van der Waals surface area contributed by atoms with Crippen LogP contribution in [0.1, 0.15) is 33.4 Å². The van der Waals surface area contributed by atoms with Gasteiger partial charge in [0.1, 0.15) is 37.9 Å². The van der Waals surface area contributed by atoms with Crippen molar-refractivity contribution in [3.8, 4) is 46.3 Å². The monoisotopic (exact) mass is 698 g/mol. The van der Waals surface area contributed by atoms with Gasteiger partial charge in [0.2, 0.25) is 0 Å². The van der Waals surface area contributed by atoms with Crippen molar-refractivity contribution < 1.29 is 47.6 Å². The molecule has 0 N–H and O–H groups in total. The fourth-order valence-corrected chi connectivity index (χ4v) is 4.49. The normalized spacial score (nSPS) is 9.81. The van der Waals surface area contributed by atoms with Crippen LogP contribution in [0.25, 0.3) is 11.1 Å². The first kappa shape index (κ1) is 37.8. The number of aryl methyl sites for hydroxylation is 2. The second-order valence-corrected chi connectivity index (χ2v) is 10.8. The van der Waals surface area contributed by atoms with Gasteiger partial charge in [-0.15, -0.1) is 0 Å². The topological polar surface area (TPSA) is 124 Å². The summed E-state index contributed by atoms with van der Waals surface area (Å²) in [7, 11) is 0. The van der Waals surface area contributed by atoms with Gasteiger partial charge in [-0.2, -0.15) is 0 Å². The van der Waals surface area contributed by atoms with Crippen molar-refractivity contribution in [2.75, 3.05) is 26.4 Å². The standard InChI is InChI=1S/C42H34O10/c1-5-39(43)47-23-25-49-41(45)51-35-17-11-31(12-18-35)7-9-33-15-21-37(29(3)27-33)38-22-16-34(28-30(38)4)10-8-32-13-19-36(20-14-32)52-42(46)50-26-24-48-40(44)6-2/h5-6,11-22,27-28H,1-2,23-26H2,3-4H3. The molecule has 0 heterocycles. The molecule has 0 aliphatic rings. The Morgan fingerprint density at radius 2 is 0.827 bits per heavy atom. The zero-order valence-corrected chi connectivity index (χ0v) is 28.6. The van der Waals surface area contributed by atoms with Crippen LogP contribution in [-0.4, -0.2) is 50.7 Å². The molecule has 4 rings (SSSR count). The van der Waals surface area contributed by atoms with Crippen LogP contribution in [-0.2, 0) is 28.5 Å². The van der Waals surface area contributed by atoms with Crippen LogP contribution < -0.4 is 9.47 Å². The number of carbonyl (C=O) groups is 4. The molecule has 0 bridgehead atoms. The predicted octanol–water partition coefficient (Wildman–Crippen LogP) is 7.26. The highest BCUT2D eigenvalue weighted by Crippen LogP contribution is 2.28. The summed E-state index contributed by atoms with van der Waals surface area (Å²) in [5, 5.41) is 0. The lowest BCUT2D eigenvalue weighted by atomic mass is 9.94. The van der Waals surface area contributed by atoms with Crippen molar-refractivity contribution >= 4 is 24.2 Å². The molecule has 0 spiro atoms. The van der Waals surface area contributed by atoms with Gasteiger partial charge >= 0.3 is 24.2 Å². The number of carbonyl (C=O) groups excluding carboxylic acids is 4. The van der Waals surface area contributed by atoms with Gasteiger partial charge < -0.3 is 28.4 Å². The molecule has 262 valence electrons. The second kappa shape index (κ2) is 19.2. The van der Waals surface area contributed by atoms with E-state index >= 15 is 0 Å². The van der Waals surface area contributed by atoms with Crippen molar-refractivity contribution in [2.24, 2.45) is 0 Å². The van der Waals surface area contributed by atoms with Gasteiger partial charge in [-0.3, -0.25) is 0 Å². The molecule has 0 atom stereocenters. The van der Waals surface area contributed by atoms with Crippen LogP contribution in [0.3, 0.4) is 0 Å². The van der Waals surface area contributed by atoms with Crippen LogP contribution in [0.15, 0.2) is 110 Å². The summed E-state index contributed by atoms with van der Waals surface area (Å²) >= 11 is 0. The predicted molar refractivity (Wildman–Crippen MR) is 192 cm³/mol. The fourth-order valence-electron chi connectivity index (χ4n) is 4.49. The lowest BCUT2D eigenvalue weighted by Crippen LogP contribution is -2.15. The maximum atomic E-state index is 11.8. The molecular weight excluding hydrogens is 664 g/mol. The summed E-state index contributed by atoms with van der Waals surface area (Å²) < 4.78 is 29.4. The number of benzene rings is 4. The first-order valence-corrected chi connectivity index (χ1v) is 15.9. The smallest absolute Gasteiger partial charge is 0.459 e. The lowest BCUT2D eigenvalue weighted by molar-refractivity contribution is -0.139. The average Bonchev–Trinajstić information content (AvgIpc) is 3.14. The zero-order valence-electron chi connectivity index (χ0n) is 28.6. The molecule has 0 radical (unpaired) electrons. The highest BCUT2D eigenvalue weighted by molar-refractivity contribution is 5.81. The molecule has 10 heteroatoms. The Morgan fingerprint density at radius 3 is 1.17 bits per heavy atom. The third-order valence-electron chi connectivity index (χ3n) is 6.98. The Bertz CT molecular complexity index is 1920. The Labute approximate surface area is 301 Å². The summed E-state index contributed by atoms with van der Waals surface area (Å²) in [5.74, 6) is 12.0. The van der Waals surface area contributed by atoms with Gasteiger partial charge in [0.25, 0.3) is 0 Å². The maximum absolute atomic E-state index is 11.8. The largest absolute Gasteiger partial charge is 0.513 e. The van der Waals surface area contributed by atoms with E-state index in [9.17, 15) is 19.2 Å². The Kier molecular flexibility index (Phi) is 14.0. The molecule has 0 aliphatic carbocycles. The van der Waals surface area contributed by atoms with Crippen LogP contribution in [0.5, 0.6) is 11.5 Å². The molecule has 0 amide bonds. The van der Waals surface area contributed by atoms with Gasteiger partial charge in [0.05, 0.1) is 0 Å². The summed E-state index contributed by atoms with van der Waals surface area (Å²) in [6.45, 7) is 10.2. The highest BCUT2D eigenvalue weighted by Gasteiger charge is 2.09.